The van der Waals surface area contributed by atoms with Gasteiger partial charge in [0.2, 0.25) is 5.79 Å². The average molecular weight is 1040 g/mol. The van der Waals surface area contributed by atoms with Crippen molar-refractivity contribution in [3.8, 4) is 0 Å². The number of aliphatic hydroxyl groups excluding tert-OH is 1. The highest BCUT2D eigenvalue weighted by atomic mass is 16.7. The van der Waals surface area contributed by atoms with E-state index in [2.05, 4.69) is 0 Å². The summed E-state index contributed by atoms with van der Waals surface area (Å²) in [4.78, 5) is 72.7. The number of esters is 1. The molecule has 8 unspecified atom stereocenters. The Bertz CT molecular complexity index is 2000. The number of piperidine rings is 1. The highest BCUT2D eigenvalue weighted by Crippen LogP contribution is 2.39. The van der Waals surface area contributed by atoms with E-state index in [9.17, 15) is 34.2 Å². The number of carbonyl (C=O) groups is 5. The number of hydrogen-bond acceptors (Lipinski definition) is 15. The minimum atomic E-state index is -2.44. The van der Waals surface area contributed by atoms with Crippen molar-refractivity contribution >= 4 is 29.2 Å². The Balaban J connectivity index is 1.43. The number of methoxy groups -OCH3 is 4. The van der Waals surface area contributed by atoms with Crippen molar-refractivity contribution in [2.45, 2.75) is 218 Å². The van der Waals surface area contributed by atoms with Crippen LogP contribution in [0.1, 0.15) is 145 Å². The number of allylic oxidation sites excluding steroid dienone is 6. The van der Waals surface area contributed by atoms with Gasteiger partial charge in [-0.25, -0.2) is 4.79 Å². The van der Waals surface area contributed by atoms with Crippen LogP contribution in [0.4, 0.5) is 0 Å². The van der Waals surface area contributed by atoms with Crippen LogP contribution in [0.2, 0.25) is 0 Å². The van der Waals surface area contributed by atoms with Crippen LogP contribution < -0.4 is 0 Å². The molecule has 18 atom stereocenters. The van der Waals surface area contributed by atoms with Crippen molar-refractivity contribution in [1.82, 2.24) is 4.90 Å². The zero-order valence-electron chi connectivity index (χ0n) is 46.5. The first-order valence-electron chi connectivity index (χ1n) is 27.5. The molecule has 16 nitrogen and oxygen atoms in total. The van der Waals surface area contributed by atoms with Crippen LogP contribution >= 0.6 is 0 Å². The first-order chi connectivity index (χ1) is 35.1. The van der Waals surface area contributed by atoms with Crippen molar-refractivity contribution < 1.29 is 72.1 Å². The van der Waals surface area contributed by atoms with Crippen molar-refractivity contribution in [3.63, 3.8) is 0 Å². The Morgan fingerprint density at radius 3 is 2.20 bits per heavy atom. The highest BCUT2D eigenvalue weighted by Gasteiger charge is 2.53. The fraction of sp³-hybridized carbons (Fsp3) is 0.776. The van der Waals surface area contributed by atoms with Crippen LogP contribution in [0.5, 0.6) is 0 Å². The molecule has 418 valence electrons. The fourth-order valence-electron chi connectivity index (χ4n) is 11.8. The number of ketones is 3. The Labute approximate surface area is 441 Å². The minimum Gasteiger partial charge on any atom is -0.460 e. The molecule has 4 aliphatic heterocycles. The van der Waals surface area contributed by atoms with Crippen molar-refractivity contribution in [3.05, 3.63) is 47.6 Å². The van der Waals surface area contributed by atoms with E-state index >= 15 is 0 Å². The predicted molar refractivity (Wildman–Crippen MR) is 278 cm³/mol. The second kappa shape index (κ2) is 28.8. The summed E-state index contributed by atoms with van der Waals surface area (Å²) in [5.41, 5.74) is 1.20. The first kappa shape index (κ1) is 61.4. The third-order valence-electron chi connectivity index (χ3n) is 16.7. The maximum Gasteiger partial charge on any atom is 0.329 e. The maximum absolute atomic E-state index is 14.6. The molecule has 1 saturated carbocycles. The molecule has 2 bridgehead atoms. The van der Waals surface area contributed by atoms with Crippen LogP contribution in [-0.4, -0.2) is 152 Å². The number of rotatable bonds is 9. The van der Waals surface area contributed by atoms with Crippen molar-refractivity contribution in [2.24, 2.45) is 35.5 Å². The van der Waals surface area contributed by atoms with Gasteiger partial charge in [-0.05, 0) is 120 Å². The summed E-state index contributed by atoms with van der Waals surface area (Å²) in [6.45, 7) is 14.8. The topological polar surface area (TPSA) is 203 Å². The Morgan fingerprint density at radius 1 is 0.797 bits per heavy atom. The highest BCUT2D eigenvalue weighted by molar-refractivity contribution is 6.39. The van der Waals surface area contributed by atoms with Crippen LogP contribution in [0.15, 0.2) is 47.6 Å². The lowest BCUT2D eigenvalue weighted by Crippen LogP contribution is -2.61. The summed E-state index contributed by atoms with van der Waals surface area (Å²) in [5.74, 6) is -7.90. The Kier molecular flexibility index (Phi) is 23.9. The van der Waals surface area contributed by atoms with Gasteiger partial charge >= 0.3 is 5.97 Å². The number of ether oxygens (including phenoxy) is 8. The second-order valence-electron chi connectivity index (χ2n) is 22.3. The number of amides is 1. The van der Waals surface area contributed by atoms with E-state index in [1.807, 2.05) is 65.0 Å². The number of aliphatic hydroxyl groups is 2. The number of cyclic esters (lactones) is 1. The molecule has 74 heavy (non-hydrogen) atoms. The largest absolute Gasteiger partial charge is 0.460 e. The lowest BCUT2D eigenvalue weighted by molar-refractivity contribution is -0.265. The summed E-state index contributed by atoms with van der Waals surface area (Å²) < 4.78 is 48.2. The van der Waals surface area contributed by atoms with E-state index in [1.54, 1.807) is 48.2 Å². The zero-order chi connectivity index (χ0) is 54.4. The van der Waals surface area contributed by atoms with Gasteiger partial charge in [0.25, 0.3) is 11.7 Å². The third-order valence-corrected chi connectivity index (χ3v) is 16.7. The summed E-state index contributed by atoms with van der Waals surface area (Å²) >= 11 is 0. The van der Waals surface area contributed by atoms with Gasteiger partial charge < -0.3 is 53.0 Å². The van der Waals surface area contributed by atoms with Gasteiger partial charge in [-0.1, -0.05) is 71.1 Å². The van der Waals surface area contributed by atoms with Gasteiger partial charge in [0.05, 0.1) is 42.7 Å². The molecule has 4 heterocycles. The molecule has 0 aromatic heterocycles. The number of fused-ring (bicyclic) bond motifs is 3. The van der Waals surface area contributed by atoms with E-state index in [4.69, 9.17) is 37.9 Å². The summed E-state index contributed by atoms with van der Waals surface area (Å²) in [6.07, 6.45) is 13.3. The number of carbonyl (C=O) groups excluding carboxylic acids is 5. The van der Waals surface area contributed by atoms with Crippen molar-refractivity contribution in [1.29, 1.82) is 0 Å². The van der Waals surface area contributed by atoms with Gasteiger partial charge in [-0.3, -0.25) is 19.2 Å². The molecule has 0 radical (unpaired) electrons. The van der Waals surface area contributed by atoms with Crippen LogP contribution in [0, 0.1) is 35.5 Å². The van der Waals surface area contributed by atoms with Crippen LogP contribution in [0.25, 0.3) is 0 Å². The SMILES string of the molecule is COC1CCC(OC2CCC(C[C@H](C)[C@@H]3CC(=O)/C(C)=C/C(C)C(O)[C@@H](OC)C(=O)[C@H](C)C[C@H](C)C=CC=CC=C(C)[C@@H](OC)C[C@@H]4CC[C@@H](C)[C@@](O)(O4)C(=O)C(=O)N4CCCC[C@H]4C(=O)O3)CC2OC)C(C)O1. The van der Waals surface area contributed by atoms with E-state index in [0.29, 0.717) is 56.9 Å². The average Bonchev–Trinajstić information content (AvgIpc) is 3.38. The molecule has 3 saturated heterocycles. The number of nitrogens with zero attached hydrogens (tertiary/aromatic N) is 1. The maximum atomic E-state index is 14.6. The van der Waals surface area contributed by atoms with E-state index in [1.165, 1.54) is 12.0 Å². The number of Topliss-reactive ketones (excluding diaryl/α,β-unsaturated/α-hetero) is 3. The molecule has 2 N–H and O–H groups in total. The van der Waals surface area contributed by atoms with Crippen molar-refractivity contribution in [2.75, 3.05) is 35.0 Å². The molecule has 0 aromatic carbocycles. The summed E-state index contributed by atoms with van der Waals surface area (Å²) in [6, 6.07) is -1.15. The molecule has 1 amide bonds. The van der Waals surface area contributed by atoms with E-state index < -0.39 is 77.8 Å². The van der Waals surface area contributed by atoms with E-state index in [0.717, 1.165) is 31.3 Å². The fourth-order valence-corrected chi connectivity index (χ4v) is 11.8. The standard InChI is InChI=1S/C58H91NO15/c1-34-18-14-13-15-19-35(2)48(67-9)32-43-23-21-40(7)58(66,74-43)55(63)56(64)59-27-17-16-20-44(59)57(65)73-49(33-45(60)36(3)29-39(6)53(62)54(70-12)52(61)38(5)28-34)37(4)30-42-22-24-47(50(31-42)68-10)72-46-25-26-51(69-11)71-41(46)8/h13-15,18-19,29,34,37-44,46-51,53-54,62,66H,16-17,20-28,30-33H2,1-12H3/b15-13?,18-14?,35-19?,36-29+/t34-,37+,38-,39?,40-,41?,42?,43+,44+,46?,47?,48+,49+,50?,51?,53?,54+,58-/m1/s1. The molecule has 5 aliphatic rings. The Morgan fingerprint density at radius 2 is 1.53 bits per heavy atom. The van der Waals surface area contributed by atoms with Gasteiger partial charge in [-0.15, -0.1) is 0 Å². The molecule has 5 rings (SSSR count). The predicted octanol–water partition coefficient (Wildman–Crippen LogP) is 7.74. The summed E-state index contributed by atoms with van der Waals surface area (Å²) in [7, 11) is 6.30. The summed E-state index contributed by atoms with van der Waals surface area (Å²) in [5, 5.41) is 23.6. The molecular weight excluding hydrogens is 951 g/mol. The first-order valence-corrected chi connectivity index (χ1v) is 27.5. The molecule has 1 aliphatic carbocycles. The molecular formula is C58H91NO15. The molecule has 0 spiro atoms. The molecule has 0 aromatic rings. The van der Waals surface area contributed by atoms with Gasteiger partial charge in [-0.2, -0.15) is 0 Å². The van der Waals surface area contributed by atoms with Crippen LogP contribution in [-0.2, 0) is 61.9 Å². The monoisotopic (exact) mass is 1040 g/mol. The lowest BCUT2D eigenvalue weighted by Gasteiger charge is -2.43. The van der Waals surface area contributed by atoms with Gasteiger partial charge in [0, 0.05) is 72.0 Å². The quantitative estimate of drug-likeness (QED) is 0.168. The van der Waals surface area contributed by atoms with Crippen LogP contribution in [0.3, 0.4) is 0 Å². The third kappa shape index (κ3) is 16.1. The normalized spacial score (nSPS) is 39.6. The van der Waals surface area contributed by atoms with Gasteiger partial charge in [0.1, 0.15) is 18.2 Å². The Hall–Kier alpha value is -3.45. The molecule has 16 heteroatoms. The zero-order valence-corrected chi connectivity index (χ0v) is 46.5. The second-order valence-corrected chi connectivity index (χ2v) is 22.3. The van der Waals surface area contributed by atoms with Gasteiger partial charge in [0.15, 0.2) is 17.9 Å². The minimum absolute atomic E-state index is 0.0175. The lowest BCUT2D eigenvalue weighted by atomic mass is 9.78. The smallest absolute Gasteiger partial charge is 0.329 e. The van der Waals surface area contributed by atoms with E-state index in [-0.39, 0.29) is 79.4 Å². The number of hydrogen-bond donors (Lipinski definition) is 2. The molecule has 4 fully saturated rings.